The Morgan fingerprint density at radius 3 is 1.96 bits per heavy atom. The first-order valence-corrected chi connectivity index (χ1v) is 9.26. The normalized spacial score (nSPS) is 13.7. The summed E-state index contributed by atoms with van der Waals surface area (Å²) >= 11 is 0. The summed E-state index contributed by atoms with van der Waals surface area (Å²) in [5.74, 6) is -1.35. The van der Waals surface area contributed by atoms with Crippen molar-refractivity contribution in [1.29, 1.82) is 0 Å². The van der Waals surface area contributed by atoms with Crippen molar-refractivity contribution in [2.45, 2.75) is 22.6 Å². The van der Waals surface area contributed by atoms with E-state index < -0.39 is 41.7 Å². The van der Waals surface area contributed by atoms with E-state index in [1.165, 1.54) is 0 Å². The van der Waals surface area contributed by atoms with Crippen LogP contribution in [0.4, 0.5) is 0 Å². The molecule has 0 aliphatic carbocycles. The lowest BCUT2D eigenvalue weighted by atomic mass is 9.92. The van der Waals surface area contributed by atoms with E-state index in [4.69, 9.17) is 4.55 Å². The monoisotopic (exact) mass is 358 g/mol. The molecular weight excluding hydrogens is 344 g/mol. The van der Waals surface area contributed by atoms with Crippen LogP contribution in [-0.4, -0.2) is 31.0 Å². The van der Waals surface area contributed by atoms with E-state index in [1.807, 2.05) is 0 Å². The van der Waals surface area contributed by atoms with Gasteiger partial charge < -0.3 is 5.11 Å². The van der Waals surface area contributed by atoms with Crippen LogP contribution in [0.3, 0.4) is 0 Å². The molecule has 124 valence electrons. The van der Waals surface area contributed by atoms with Gasteiger partial charge in [-0.3, -0.25) is 9.11 Å². The van der Waals surface area contributed by atoms with E-state index in [0.717, 1.165) is 6.07 Å². The number of aromatic hydroxyl groups is 1. The fourth-order valence-corrected chi connectivity index (χ4v) is 3.46. The van der Waals surface area contributed by atoms with Gasteiger partial charge in [-0.2, -0.15) is 16.8 Å². The van der Waals surface area contributed by atoms with Gasteiger partial charge >= 0.3 is 0 Å². The molecule has 23 heavy (non-hydrogen) atoms. The molecule has 7 nitrogen and oxygen atoms in total. The Morgan fingerprint density at radius 1 is 0.913 bits per heavy atom. The summed E-state index contributed by atoms with van der Waals surface area (Å²) in [7, 11) is -9.61. The molecule has 0 aliphatic rings. The summed E-state index contributed by atoms with van der Waals surface area (Å²) in [6.45, 7) is 1.62. The third kappa shape index (κ3) is 3.70. The molecule has 0 saturated carbocycles. The zero-order valence-electron chi connectivity index (χ0n) is 11.9. The fraction of sp³-hybridized carbons (Fsp3) is 0.143. The number of hydrogen-bond donors (Lipinski definition) is 3. The number of hydrogen-bond acceptors (Lipinski definition) is 5. The molecule has 0 amide bonds. The molecule has 0 bridgehead atoms. The molecular formula is C14H14O7S2. The van der Waals surface area contributed by atoms with Crippen LogP contribution in [0.25, 0.3) is 0 Å². The third-order valence-corrected chi connectivity index (χ3v) is 5.12. The summed E-state index contributed by atoms with van der Waals surface area (Å²) in [5.41, 5.74) is 0.621. The SMILES string of the molecule is CC(c1ccccc1)c1cc(S(=O)(=O)O)cc(S(=O)(=O)O)c1O. The molecule has 0 fully saturated rings. The van der Waals surface area contributed by atoms with E-state index >= 15 is 0 Å². The summed E-state index contributed by atoms with van der Waals surface area (Å²) in [6, 6.07) is 10.1. The van der Waals surface area contributed by atoms with E-state index in [-0.39, 0.29) is 5.56 Å². The van der Waals surface area contributed by atoms with Crippen LogP contribution in [0.1, 0.15) is 24.0 Å². The first-order valence-electron chi connectivity index (χ1n) is 6.38. The van der Waals surface area contributed by atoms with Crippen molar-refractivity contribution in [3.63, 3.8) is 0 Å². The van der Waals surface area contributed by atoms with Crippen LogP contribution >= 0.6 is 0 Å². The van der Waals surface area contributed by atoms with Gasteiger partial charge in [-0.05, 0) is 17.7 Å². The highest BCUT2D eigenvalue weighted by Crippen LogP contribution is 2.37. The van der Waals surface area contributed by atoms with Gasteiger partial charge in [0, 0.05) is 11.5 Å². The van der Waals surface area contributed by atoms with Crippen molar-refractivity contribution in [2.24, 2.45) is 0 Å². The van der Waals surface area contributed by atoms with Crippen molar-refractivity contribution in [3.8, 4) is 5.75 Å². The van der Waals surface area contributed by atoms with Gasteiger partial charge in [0.1, 0.15) is 10.6 Å². The maximum absolute atomic E-state index is 11.4. The van der Waals surface area contributed by atoms with Crippen molar-refractivity contribution in [1.82, 2.24) is 0 Å². The van der Waals surface area contributed by atoms with E-state index in [9.17, 15) is 26.5 Å². The molecule has 0 spiro atoms. The summed E-state index contributed by atoms with van der Waals surface area (Å²) in [5, 5.41) is 10.1. The van der Waals surface area contributed by atoms with Gasteiger partial charge in [0.05, 0.1) is 4.90 Å². The van der Waals surface area contributed by atoms with Crippen molar-refractivity contribution < 1.29 is 31.0 Å². The lowest BCUT2D eigenvalue weighted by molar-refractivity contribution is 0.434. The topological polar surface area (TPSA) is 129 Å². The van der Waals surface area contributed by atoms with Gasteiger partial charge in [-0.15, -0.1) is 0 Å². The highest BCUT2D eigenvalue weighted by atomic mass is 32.2. The summed E-state index contributed by atoms with van der Waals surface area (Å²) in [6.07, 6.45) is 0. The van der Waals surface area contributed by atoms with Gasteiger partial charge in [0.2, 0.25) is 0 Å². The molecule has 3 N–H and O–H groups in total. The number of rotatable bonds is 4. The second-order valence-electron chi connectivity index (χ2n) is 4.94. The Kier molecular flexibility index (Phi) is 4.49. The summed E-state index contributed by atoms with van der Waals surface area (Å²) in [4.78, 5) is -1.72. The Hall–Kier alpha value is -1.94. The second-order valence-corrected chi connectivity index (χ2v) is 7.75. The molecule has 0 heterocycles. The second kappa shape index (κ2) is 5.93. The molecule has 2 aromatic carbocycles. The number of phenols is 1. The lowest BCUT2D eigenvalue weighted by Gasteiger charge is -2.17. The smallest absolute Gasteiger partial charge is 0.298 e. The Bertz CT molecular complexity index is 933. The molecule has 2 aromatic rings. The fourth-order valence-electron chi connectivity index (χ4n) is 2.20. The Balaban J connectivity index is 2.78. The van der Waals surface area contributed by atoms with Gasteiger partial charge in [0.25, 0.3) is 20.2 Å². The Morgan fingerprint density at radius 2 is 1.48 bits per heavy atom. The average molecular weight is 358 g/mol. The zero-order chi connectivity index (χ0) is 17.4. The first kappa shape index (κ1) is 17.4. The molecule has 0 aromatic heterocycles. The van der Waals surface area contributed by atoms with Gasteiger partial charge in [-0.25, -0.2) is 0 Å². The van der Waals surface area contributed by atoms with Crippen LogP contribution in [-0.2, 0) is 20.2 Å². The molecule has 1 unspecified atom stereocenters. The molecule has 9 heteroatoms. The molecule has 0 radical (unpaired) electrons. The van der Waals surface area contributed by atoms with Crippen molar-refractivity contribution in [2.75, 3.05) is 0 Å². The van der Waals surface area contributed by atoms with E-state index in [0.29, 0.717) is 11.6 Å². The molecule has 1 atom stereocenters. The highest BCUT2D eigenvalue weighted by molar-refractivity contribution is 7.86. The number of phenolic OH excluding ortho intramolecular Hbond substituents is 1. The maximum Gasteiger partial charge on any atom is 0.298 e. The van der Waals surface area contributed by atoms with E-state index in [2.05, 4.69) is 0 Å². The van der Waals surface area contributed by atoms with Gasteiger partial charge in [-0.1, -0.05) is 37.3 Å². The summed E-state index contributed by atoms with van der Waals surface area (Å²) < 4.78 is 63.7. The standard InChI is InChI=1S/C14H14O7S2/c1-9(10-5-3-2-4-6-10)12-7-11(22(16,17)18)8-13(14(12)15)23(19,20)21/h2-9,15H,1H3,(H,16,17,18)(H,19,20,21). The predicted molar refractivity (Wildman–Crippen MR) is 81.7 cm³/mol. The first-order chi connectivity index (χ1) is 10.5. The molecule has 2 rings (SSSR count). The average Bonchev–Trinajstić information content (AvgIpc) is 2.45. The lowest BCUT2D eigenvalue weighted by Crippen LogP contribution is -2.07. The van der Waals surface area contributed by atoms with Crippen LogP contribution in [0.5, 0.6) is 5.75 Å². The largest absolute Gasteiger partial charge is 0.506 e. The molecule has 0 aliphatic heterocycles. The minimum atomic E-state index is -4.88. The Labute approximate surface area is 133 Å². The minimum absolute atomic E-state index is 0.0565. The van der Waals surface area contributed by atoms with Gasteiger partial charge in [0.15, 0.2) is 0 Å². The van der Waals surface area contributed by atoms with Crippen molar-refractivity contribution >= 4 is 20.2 Å². The zero-order valence-corrected chi connectivity index (χ0v) is 13.5. The van der Waals surface area contributed by atoms with Crippen LogP contribution < -0.4 is 0 Å². The van der Waals surface area contributed by atoms with Crippen molar-refractivity contribution in [3.05, 3.63) is 53.6 Å². The maximum atomic E-state index is 11.4. The quantitative estimate of drug-likeness (QED) is 0.713. The minimum Gasteiger partial charge on any atom is -0.506 e. The highest BCUT2D eigenvalue weighted by Gasteiger charge is 2.26. The number of benzene rings is 2. The van der Waals surface area contributed by atoms with Crippen LogP contribution in [0, 0.1) is 0 Å². The van der Waals surface area contributed by atoms with Crippen LogP contribution in [0.15, 0.2) is 52.3 Å². The third-order valence-electron chi connectivity index (χ3n) is 3.42. The molecule has 0 saturated heterocycles. The van der Waals surface area contributed by atoms with Crippen LogP contribution in [0.2, 0.25) is 0 Å². The predicted octanol–water partition coefficient (Wildman–Crippen LogP) is 2.04. The van der Waals surface area contributed by atoms with E-state index in [1.54, 1.807) is 37.3 Å².